The topological polar surface area (TPSA) is 79.3 Å². The van der Waals surface area contributed by atoms with Crippen molar-refractivity contribution < 1.29 is 24.2 Å². The van der Waals surface area contributed by atoms with Gasteiger partial charge in [0.1, 0.15) is 0 Å². The van der Waals surface area contributed by atoms with Gasteiger partial charge in [0.05, 0.1) is 25.8 Å². The Morgan fingerprint density at radius 2 is 1.74 bits per heavy atom. The van der Waals surface area contributed by atoms with Crippen LogP contribution in [-0.4, -0.2) is 67.0 Å². The summed E-state index contributed by atoms with van der Waals surface area (Å²) in [6.07, 6.45) is 3.80. The monoisotopic (exact) mass is 478 g/mol. The molecule has 1 N–H and O–H groups in total. The van der Waals surface area contributed by atoms with E-state index in [1.807, 2.05) is 30.3 Å². The Labute approximate surface area is 207 Å². The van der Waals surface area contributed by atoms with Gasteiger partial charge in [-0.15, -0.1) is 0 Å². The van der Waals surface area contributed by atoms with E-state index >= 15 is 0 Å². The van der Waals surface area contributed by atoms with E-state index < -0.39 is 23.5 Å². The minimum atomic E-state index is -0.730. The first-order valence-corrected chi connectivity index (χ1v) is 11.9. The van der Waals surface area contributed by atoms with E-state index in [0.29, 0.717) is 30.0 Å². The number of nitrogens with zero attached hydrogens (tertiary/aromatic N) is 2. The highest BCUT2D eigenvalue weighted by Gasteiger charge is 2.42. The van der Waals surface area contributed by atoms with Gasteiger partial charge in [-0.05, 0) is 55.4 Å². The molecule has 0 fully saturated rings. The van der Waals surface area contributed by atoms with Crippen molar-refractivity contribution in [2.45, 2.75) is 26.3 Å². The van der Waals surface area contributed by atoms with Crippen molar-refractivity contribution in [1.29, 1.82) is 0 Å². The van der Waals surface area contributed by atoms with Crippen LogP contribution in [0.15, 0.2) is 65.9 Å². The van der Waals surface area contributed by atoms with Crippen molar-refractivity contribution in [2.75, 3.05) is 40.4 Å². The second-order valence-corrected chi connectivity index (χ2v) is 8.27. The second kappa shape index (κ2) is 12.2. The van der Waals surface area contributed by atoms with Gasteiger partial charge in [0.25, 0.3) is 5.91 Å². The molecule has 0 saturated heterocycles. The first-order chi connectivity index (χ1) is 16.9. The average molecular weight is 479 g/mol. The molecular formula is C28H34N2O5. The molecule has 35 heavy (non-hydrogen) atoms. The van der Waals surface area contributed by atoms with Gasteiger partial charge in [-0.1, -0.05) is 56.3 Å². The Hall–Kier alpha value is -3.58. The molecule has 0 aromatic heterocycles. The predicted octanol–water partition coefficient (Wildman–Crippen LogP) is 4.41. The Morgan fingerprint density at radius 1 is 1.06 bits per heavy atom. The molecule has 0 radical (unpaired) electrons. The van der Waals surface area contributed by atoms with E-state index in [9.17, 15) is 14.7 Å². The van der Waals surface area contributed by atoms with Crippen molar-refractivity contribution in [3.63, 3.8) is 0 Å². The average Bonchev–Trinajstić information content (AvgIpc) is 3.15. The SMILES string of the molecule is CCN(CC)CCCN1C(=O)C(O)=C(C(=O)/C=C/c2ccccc2)C1c1ccc(OC)c(OC)c1. The quantitative estimate of drug-likeness (QED) is 0.455. The van der Waals surface area contributed by atoms with Crippen molar-refractivity contribution in [1.82, 2.24) is 9.80 Å². The Balaban J connectivity index is 1.97. The van der Waals surface area contributed by atoms with Crippen LogP contribution in [0, 0.1) is 0 Å². The zero-order valence-electron chi connectivity index (χ0n) is 20.9. The van der Waals surface area contributed by atoms with E-state index in [4.69, 9.17) is 9.47 Å². The molecule has 0 spiro atoms. The molecular weight excluding hydrogens is 444 g/mol. The smallest absolute Gasteiger partial charge is 0.290 e. The largest absolute Gasteiger partial charge is 0.503 e. The number of rotatable bonds is 12. The van der Waals surface area contributed by atoms with Crippen LogP contribution in [0.3, 0.4) is 0 Å². The summed E-state index contributed by atoms with van der Waals surface area (Å²) in [6.45, 7) is 7.24. The molecule has 1 atom stereocenters. The minimum absolute atomic E-state index is 0.0669. The van der Waals surface area contributed by atoms with Crippen LogP contribution in [-0.2, 0) is 9.59 Å². The third kappa shape index (κ3) is 5.92. The molecule has 1 heterocycles. The molecule has 0 aliphatic carbocycles. The van der Waals surface area contributed by atoms with E-state index in [2.05, 4.69) is 18.7 Å². The molecule has 2 aromatic rings. The van der Waals surface area contributed by atoms with Gasteiger partial charge >= 0.3 is 0 Å². The van der Waals surface area contributed by atoms with Gasteiger partial charge in [-0.25, -0.2) is 0 Å². The van der Waals surface area contributed by atoms with Gasteiger partial charge in [-0.2, -0.15) is 0 Å². The third-order valence-corrected chi connectivity index (χ3v) is 6.29. The summed E-state index contributed by atoms with van der Waals surface area (Å²) in [5.41, 5.74) is 1.58. The van der Waals surface area contributed by atoms with Crippen LogP contribution >= 0.6 is 0 Å². The van der Waals surface area contributed by atoms with Crippen LogP contribution in [0.5, 0.6) is 11.5 Å². The molecule has 186 valence electrons. The summed E-state index contributed by atoms with van der Waals surface area (Å²) >= 11 is 0. The molecule has 7 heteroatoms. The summed E-state index contributed by atoms with van der Waals surface area (Å²) in [4.78, 5) is 30.3. The number of hydrogen-bond acceptors (Lipinski definition) is 6. The molecule has 1 aliphatic rings. The van der Waals surface area contributed by atoms with E-state index in [1.165, 1.54) is 13.2 Å². The molecule has 1 amide bonds. The predicted molar refractivity (Wildman–Crippen MR) is 137 cm³/mol. The standard InChI is InChI=1S/C28H34N2O5/c1-5-29(6-2)17-10-18-30-26(21-14-16-23(34-3)24(19-21)35-4)25(27(32)28(30)33)22(31)15-13-20-11-8-7-9-12-20/h7-9,11-16,19,26,32H,5-6,10,17-18H2,1-4H3/b15-13+. The normalized spacial score (nSPS) is 16.0. The Bertz CT molecular complexity index is 1090. The summed E-state index contributed by atoms with van der Waals surface area (Å²) in [6, 6.07) is 14.0. The van der Waals surface area contributed by atoms with E-state index in [-0.39, 0.29) is 5.57 Å². The lowest BCUT2D eigenvalue weighted by Crippen LogP contribution is -2.34. The van der Waals surface area contributed by atoms with Crippen molar-refractivity contribution in [2.24, 2.45) is 0 Å². The summed E-state index contributed by atoms with van der Waals surface area (Å²) in [5.74, 6) is -0.431. The molecule has 3 rings (SSSR count). The molecule has 7 nitrogen and oxygen atoms in total. The number of allylic oxidation sites excluding steroid dienone is 1. The van der Waals surface area contributed by atoms with Gasteiger partial charge in [-0.3, -0.25) is 9.59 Å². The number of ketones is 1. The molecule has 2 aromatic carbocycles. The van der Waals surface area contributed by atoms with Crippen LogP contribution in [0.25, 0.3) is 6.08 Å². The molecule has 1 aliphatic heterocycles. The number of ether oxygens (including phenoxy) is 2. The zero-order valence-corrected chi connectivity index (χ0v) is 20.9. The highest BCUT2D eigenvalue weighted by atomic mass is 16.5. The highest BCUT2D eigenvalue weighted by molar-refractivity contribution is 6.14. The Kier molecular flexibility index (Phi) is 9.09. The van der Waals surface area contributed by atoms with Gasteiger partial charge < -0.3 is 24.4 Å². The number of hydrogen-bond donors (Lipinski definition) is 1. The number of carbonyl (C=O) groups excluding carboxylic acids is 2. The maximum Gasteiger partial charge on any atom is 0.290 e. The molecule has 1 unspecified atom stereocenters. The maximum atomic E-state index is 13.3. The second-order valence-electron chi connectivity index (χ2n) is 8.27. The number of aliphatic hydroxyl groups excluding tert-OH is 1. The fraction of sp³-hybridized carbons (Fsp3) is 0.357. The van der Waals surface area contributed by atoms with Gasteiger partial charge in [0, 0.05) is 6.54 Å². The number of benzene rings is 2. The van der Waals surface area contributed by atoms with Crippen LogP contribution in [0.2, 0.25) is 0 Å². The van der Waals surface area contributed by atoms with Crippen LogP contribution in [0.1, 0.15) is 37.4 Å². The van der Waals surface area contributed by atoms with Crippen molar-refractivity contribution >= 4 is 17.8 Å². The number of amides is 1. The lowest BCUT2D eigenvalue weighted by atomic mass is 9.95. The zero-order chi connectivity index (χ0) is 25.4. The van der Waals surface area contributed by atoms with E-state index in [1.54, 1.807) is 36.3 Å². The first-order valence-electron chi connectivity index (χ1n) is 11.9. The van der Waals surface area contributed by atoms with Crippen molar-refractivity contribution in [3.8, 4) is 11.5 Å². The third-order valence-electron chi connectivity index (χ3n) is 6.29. The lowest BCUT2D eigenvalue weighted by Gasteiger charge is -2.28. The fourth-order valence-electron chi connectivity index (χ4n) is 4.34. The lowest BCUT2D eigenvalue weighted by molar-refractivity contribution is -0.129. The summed E-state index contributed by atoms with van der Waals surface area (Å²) < 4.78 is 10.8. The van der Waals surface area contributed by atoms with Crippen LogP contribution in [0.4, 0.5) is 0 Å². The maximum absolute atomic E-state index is 13.3. The highest BCUT2D eigenvalue weighted by Crippen LogP contribution is 2.41. The summed E-state index contributed by atoms with van der Waals surface area (Å²) in [7, 11) is 3.08. The van der Waals surface area contributed by atoms with Gasteiger partial charge in [0.15, 0.2) is 23.0 Å². The van der Waals surface area contributed by atoms with Crippen molar-refractivity contribution in [3.05, 3.63) is 77.1 Å². The fourth-order valence-corrected chi connectivity index (χ4v) is 4.34. The summed E-state index contributed by atoms with van der Waals surface area (Å²) in [5, 5.41) is 10.8. The number of aliphatic hydroxyl groups is 1. The molecule has 0 saturated carbocycles. The molecule has 0 bridgehead atoms. The Morgan fingerprint density at radius 3 is 2.37 bits per heavy atom. The van der Waals surface area contributed by atoms with E-state index in [0.717, 1.165) is 25.2 Å². The minimum Gasteiger partial charge on any atom is -0.503 e. The number of methoxy groups -OCH3 is 2. The first kappa shape index (κ1) is 26.0. The number of carbonyl (C=O) groups is 2. The van der Waals surface area contributed by atoms with Gasteiger partial charge in [0.2, 0.25) is 0 Å². The van der Waals surface area contributed by atoms with Crippen LogP contribution < -0.4 is 9.47 Å².